The quantitative estimate of drug-likeness (QED) is 0.194. The van der Waals surface area contributed by atoms with E-state index in [0.717, 1.165) is 94.6 Å². The van der Waals surface area contributed by atoms with Crippen LogP contribution in [0.3, 0.4) is 0 Å². The molecule has 0 unspecified atom stereocenters. The first-order valence-corrected chi connectivity index (χ1v) is 17.1. The van der Waals surface area contributed by atoms with Crippen molar-refractivity contribution in [1.82, 2.24) is 14.7 Å². The van der Waals surface area contributed by atoms with Gasteiger partial charge >= 0.3 is 0 Å². The Morgan fingerprint density at radius 1 is 0.644 bits per heavy atom. The molecule has 0 bridgehead atoms. The zero-order chi connectivity index (χ0) is 31.4. The summed E-state index contributed by atoms with van der Waals surface area (Å²) in [5.41, 5.74) is 2.86. The molecule has 2 aliphatic heterocycles. The van der Waals surface area contributed by atoms with Crippen molar-refractivity contribution < 1.29 is 9.47 Å². The van der Waals surface area contributed by atoms with Crippen LogP contribution in [0.25, 0.3) is 0 Å². The van der Waals surface area contributed by atoms with E-state index in [1.807, 2.05) is 38.1 Å². The molecule has 2 fully saturated rings. The highest BCUT2D eigenvalue weighted by molar-refractivity contribution is 6.33. The summed E-state index contributed by atoms with van der Waals surface area (Å²) in [7, 11) is 0. The number of aryl methyl sites for hydroxylation is 1. The van der Waals surface area contributed by atoms with Gasteiger partial charge < -0.3 is 24.2 Å². The lowest BCUT2D eigenvalue weighted by Crippen LogP contribution is -2.47. The smallest absolute Gasteiger partial charge is 0.287 e. The molecule has 0 aliphatic carbocycles. The third-order valence-electron chi connectivity index (χ3n) is 8.81. The van der Waals surface area contributed by atoms with Crippen molar-refractivity contribution in [3.63, 3.8) is 0 Å². The van der Waals surface area contributed by atoms with E-state index in [0.29, 0.717) is 19.8 Å². The van der Waals surface area contributed by atoms with Gasteiger partial charge in [-0.2, -0.15) is 5.10 Å². The number of nitrogens with zero attached hydrogens (tertiary/aromatic N) is 6. The molecule has 244 valence electrons. The summed E-state index contributed by atoms with van der Waals surface area (Å²) >= 11 is 6.61. The van der Waals surface area contributed by atoms with E-state index in [1.54, 1.807) is 6.20 Å². The highest BCUT2D eigenvalue weighted by Crippen LogP contribution is 2.31. The molecule has 1 aromatic heterocycles. The molecule has 2 aromatic carbocycles. The van der Waals surface area contributed by atoms with Gasteiger partial charge in [0.15, 0.2) is 0 Å². The predicted octanol–water partition coefficient (Wildman–Crippen LogP) is 5.79. The normalized spacial score (nSPS) is 15.8. The first-order chi connectivity index (χ1) is 22.1. The molecule has 0 N–H and O–H groups in total. The van der Waals surface area contributed by atoms with Gasteiger partial charge in [-0.25, -0.2) is 4.68 Å². The number of rotatable bonds is 15. The van der Waals surface area contributed by atoms with Crippen molar-refractivity contribution in [2.45, 2.75) is 52.5 Å². The van der Waals surface area contributed by atoms with Crippen molar-refractivity contribution in [1.29, 1.82) is 0 Å². The number of benzene rings is 2. The lowest BCUT2D eigenvalue weighted by molar-refractivity contribution is 0.250. The Morgan fingerprint density at radius 3 is 1.67 bits per heavy atom. The number of hydrogen-bond acceptors (Lipinski definition) is 8. The van der Waals surface area contributed by atoms with E-state index < -0.39 is 0 Å². The zero-order valence-electron chi connectivity index (χ0n) is 27.0. The molecule has 0 amide bonds. The van der Waals surface area contributed by atoms with Gasteiger partial charge in [0.05, 0.1) is 36.5 Å². The number of anilines is 3. The molecule has 5 rings (SSSR count). The van der Waals surface area contributed by atoms with Gasteiger partial charge in [0.25, 0.3) is 5.56 Å². The van der Waals surface area contributed by atoms with Gasteiger partial charge in [-0.15, -0.1) is 0 Å². The van der Waals surface area contributed by atoms with Crippen molar-refractivity contribution in [3.8, 4) is 11.5 Å². The number of piperazine rings is 2. The minimum absolute atomic E-state index is 0.193. The third-order valence-corrected chi connectivity index (χ3v) is 9.17. The van der Waals surface area contributed by atoms with Crippen LogP contribution in [0.4, 0.5) is 17.1 Å². The molecular weight excluding hydrogens is 588 g/mol. The van der Waals surface area contributed by atoms with E-state index in [9.17, 15) is 4.79 Å². The van der Waals surface area contributed by atoms with E-state index in [4.69, 9.17) is 21.1 Å². The second kappa shape index (κ2) is 16.8. The van der Waals surface area contributed by atoms with Crippen LogP contribution in [-0.4, -0.2) is 86.8 Å². The molecule has 0 saturated carbocycles. The van der Waals surface area contributed by atoms with E-state index in [2.05, 4.69) is 49.0 Å². The first kappa shape index (κ1) is 32.9. The van der Waals surface area contributed by atoms with E-state index in [-0.39, 0.29) is 10.6 Å². The average Bonchev–Trinajstić information content (AvgIpc) is 3.07. The molecule has 0 spiro atoms. The molecule has 3 aromatic rings. The summed E-state index contributed by atoms with van der Waals surface area (Å²) in [5.74, 6) is 1.89. The summed E-state index contributed by atoms with van der Waals surface area (Å²) in [4.78, 5) is 22.6. The summed E-state index contributed by atoms with van der Waals surface area (Å²) < 4.78 is 13.2. The number of hydrogen-bond donors (Lipinski definition) is 0. The average molecular weight is 637 g/mol. The largest absolute Gasteiger partial charge is 0.492 e. The van der Waals surface area contributed by atoms with Gasteiger partial charge in [-0.3, -0.25) is 9.69 Å². The molecule has 0 atom stereocenters. The number of halogens is 1. The van der Waals surface area contributed by atoms with Gasteiger partial charge in [0.1, 0.15) is 16.5 Å². The number of aromatic nitrogens is 2. The Kier molecular flexibility index (Phi) is 12.3. The molecule has 2 aliphatic rings. The number of unbranched alkanes of at least 4 members (excludes halogenated alkanes) is 4. The van der Waals surface area contributed by atoms with Crippen molar-refractivity contribution in [2.24, 2.45) is 0 Å². The third kappa shape index (κ3) is 8.64. The predicted molar refractivity (Wildman–Crippen MR) is 185 cm³/mol. The van der Waals surface area contributed by atoms with Gasteiger partial charge in [0.2, 0.25) is 0 Å². The minimum Gasteiger partial charge on any atom is -0.492 e. The topological polar surface area (TPSA) is 66.3 Å². The molecule has 9 nitrogen and oxygen atoms in total. The molecule has 2 saturated heterocycles. The molecule has 45 heavy (non-hydrogen) atoms. The van der Waals surface area contributed by atoms with Gasteiger partial charge in [-0.1, -0.05) is 55.1 Å². The standard InChI is InChI=1S/C35H49ClN6O3/c1-3-44-32-16-10-8-14-29(32)39-22-20-38(21-23-39)18-12-6-5-7-13-19-42-35(43)34(36)31(28-37-42)41-26-24-40(25-27-41)30-15-9-11-17-33(30)45-4-2/h8-11,14-17,28H,3-7,12-13,18-27H2,1-2H3. The summed E-state index contributed by atoms with van der Waals surface area (Å²) in [6, 6.07) is 16.5. The fourth-order valence-corrected chi connectivity index (χ4v) is 6.62. The van der Waals surface area contributed by atoms with Crippen LogP contribution in [0.5, 0.6) is 11.5 Å². The van der Waals surface area contributed by atoms with Crippen molar-refractivity contribution in [3.05, 3.63) is 70.1 Å². The second-order valence-electron chi connectivity index (χ2n) is 11.7. The summed E-state index contributed by atoms with van der Waals surface area (Å²) in [6.45, 7) is 14.5. The number of ether oxygens (including phenoxy) is 2. The van der Waals surface area contributed by atoms with E-state index in [1.165, 1.54) is 29.6 Å². The van der Waals surface area contributed by atoms with Crippen LogP contribution >= 0.6 is 11.6 Å². The maximum Gasteiger partial charge on any atom is 0.287 e. The van der Waals surface area contributed by atoms with Crippen LogP contribution < -0.4 is 29.7 Å². The Bertz CT molecular complexity index is 1400. The summed E-state index contributed by atoms with van der Waals surface area (Å²) in [6.07, 6.45) is 7.36. The monoisotopic (exact) mass is 636 g/mol. The van der Waals surface area contributed by atoms with E-state index >= 15 is 0 Å². The van der Waals surface area contributed by atoms with Crippen LogP contribution in [0.1, 0.15) is 46.0 Å². The molecule has 0 radical (unpaired) electrons. The summed E-state index contributed by atoms with van der Waals surface area (Å²) in [5, 5.41) is 4.77. The highest BCUT2D eigenvalue weighted by Gasteiger charge is 2.23. The first-order valence-electron chi connectivity index (χ1n) is 16.8. The van der Waals surface area contributed by atoms with Crippen molar-refractivity contribution >= 4 is 28.7 Å². The Balaban J connectivity index is 0.987. The zero-order valence-corrected chi connectivity index (χ0v) is 27.8. The van der Waals surface area contributed by atoms with Crippen LogP contribution in [0.2, 0.25) is 5.02 Å². The van der Waals surface area contributed by atoms with Crippen LogP contribution in [0, 0.1) is 0 Å². The number of para-hydroxylation sites is 4. The maximum absolute atomic E-state index is 13.0. The second-order valence-corrected chi connectivity index (χ2v) is 12.1. The Labute approximate surface area is 273 Å². The van der Waals surface area contributed by atoms with Crippen LogP contribution in [0.15, 0.2) is 59.5 Å². The Morgan fingerprint density at radius 2 is 1.11 bits per heavy atom. The maximum atomic E-state index is 13.0. The van der Waals surface area contributed by atoms with Gasteiger partial charge in [-0.05, 0) is 57.5 Å². The Hall–Kier alpha value is -3.43. The lowest BCUT2D eigenvalue weighted by Gasteiger charge is -2.38. The molecule has 10 heteroatoms. The fraction of sp³-hybridized carbons (Fsp3) is 0.543. The SMILES string of the molecule is CCOc1ccccc1N1CCN(CCCCCCCn2ncc(N3CCN(c4ccccc4OCC)CC3)c(Cl)c2=O)CC1. The molecular formula is C35H49ClN6O3. The van der Waals surface area contributed by atoms with Crippen molar-refractivity contribution in [2.75, 3.05) is 86.8 Å². The van der Waals surface area contributed by atoms with Gasteiger partial charge in [0, 0.05) is 58.9 Å². The molecule has 3 heterocycles. The highest BCUT2D eigenvalue weighted by atomic mass is 35.5. The lowest BCUT2D eigenvalue weighted by atomic mass is 10.1. The fourth-order valence-electron chi connectivity index (χ4n) is 6.36. The van der Waals surface area contributed by atoms with Crippen LogP contribution in [-0.2, 0) is 6.54 Å². The minimum atomic E-state index is -0.193.